The molecule has 0 aromatic rings. The largest absolute Gasteiger partial charge is 0.481 e. The highest BCUT2D eigenvalue weighted by atomic mass is 32.2. The SMILES string of the molecule is CCCN(C1CC2CCC(C1)N2)S(=O)(=O)CCC(=O)O. The van der Waals surface area contributed by atoms with Gasteiger partial charge < -0.3 is 10.4 Å². The van der Waals surface area contributed by atoms with Crippen LogP contribution in [0.2, 0.25) is 0 Å². The van der Waals surface area contributed by atoms with Gasteiger partial charge in [-0.15, -0.1) is 0 Å². The van der Waals surface area contributed by atoms with Crippen molar-refractivity contribution in [1.29, 1.82) is 0 Å². The molecule has 2 heterocycles. The second kappa shape index (κ2) is 6.41. The summed E-state index contributed by atoms with van der Waals surface area (Å²) < 4.78 is 26.4. The number of nitrogens with one attached hydrogen (secondary N) is 1. The van der Waals surface area contributed by atoms with Crippen molar-refractivity contribution in [2.24, 2.45) is 0 Å². The maximum absolute atomic E-state index is 12.4. The van der Waals surface area contributed by atoms with Gasteiger partial charge in [0.1, 0.15) is 0 Å². The molecule has 0 aromatic carbocycles. The van der Waals surface area contributed by atoms with Gasteiger partial charge >= 0.3 is 5.97 Å². The zero-order valence-electron chi connectivity index (χ0n) is 11.9. The van der Waals surface area contributed by atoms with Crippen LogP contribution in [0, 0.1) is 0 Å². The van der Waals surface area contributed by atoms with E-state index in [2.05, 4.69) is 5.32 Å². The second-order valence-corrected chi connectivity index (χ2v) is 7.87. The second-order valence-electron chi connectivity index (χ2n) is 5.83. The lowest BCUT2D eigenvalue weighted by atomic mass is 10.00. The van der Waals surface area contributed by atoms with E-state index in [4.69, 9.17) is 5.11 Å². The zero-order valence-corrected chi connectivity index (χ0v) is 12.7. The molecule has 2 fully saturated rings. The van der Waals surface area contributed by atoms with Crippen LogP contribution in [0.25, 0.3) is 0 Å². The highest BCUT2D eigenvalue weighted by Gasteiger charge is 2.39. The van der Waals surface area contributed by atoms with Crippen molar-refractivity contribution >= 4 is 16.0 Å². The summed E-state index contributed by atoms with van der Waals surface area (Å²) >= 11 is 0. The van der Waals surface area contributed by atoms with Crippen LogP contribution in [0.3, 0.4) is 0 Å². The molecule has 0 amide bonds. The van der Waals surface area contributed by atoms with Crippen LogP contribution in [-0.2, 0) is 14.8 Å². The fourth-order valence-electron chi connectivity index (χ4n) is 3.37. The van der Waals surface area contributed by atoms with Crippen molar-refractivity contribution in [1.82, 2.24) is 9.62 Å². The molecule has 2 unspecified atom stereocenters. The van der Waals surface area contributed by atoms with Crippen LogP contribution < -0.4 is 5.32 Å². The summed E-state index contributed by atoms with van der Waals surface area (Å²) in [5.41, 5.74) is 0. The van der Waals surface area contributed by atoms with E-state index in [1.165, 1.54) is 0 Å². The normalized spacial score (nSPS) is 29.8. The first-order valence-corrected chi connectivity index (χ1v) is 9.00. The third kappa shape index (κ3) is 3.71. The van der Waals surface area contributed by atoms with Gasteiger partial charge in [0.25, 0.3) is 0 Å². The van der Waals surface area contributed by atoms with Crippen molar-refractivity contribution in [3.8, 4) is 0 Å². The number of aliphatic carboxylic acids is 1. The molecule has 116 valence electrons. The molecule has 7 heteroatoms. The Morgan fingerprint density at radius 3 is 2.40 bits per heavy atom. The molecule has 2 aliphatic rings. The molecule has 0 saturated carbocycles. The molecular formula is C13H24N2O4S. The number of sulfonamides is 1. The van der Waals surface area contributed by atoms with E-state index >= 15 is 0 Å². The molecule has 0 radical (unpaired) electrons. The first kappa shape index (κ1) is 15.7. The summed E-state index contributed by atoms with van der Waals surface area (Å²) in [7, 11) is -3.47. The number of carbonyl (C=O) groups is 1. The molecule has 0 spiro atoms. The predicted molar refractivity (Wildman–Crippen MR) is 76.0 cm³/mol. The Morgan fingerprint density at radius 1 is 1.30 bits per heavy atom. The molecule has 2 bridgehead atoms. The number of rotatable bonds is 7. The Labute approximate surface area is 120 Å². The molecule has 2 aliphatic heterocycles. The van der Waals surface area contributed by atoms with Crippen LogP contribution in [0.5, 0.6) is 0 Å². The molecule has 0 aliphatic carbocycles. The molecular weight excluding hydrogens is 280 g/mol. The van der Waals surface area contributed by atoms with Gasteiger partial charge in [-0.2, -0.15) is 4.31 Å². The number of carboxylic acids is 1. The maximum atomic E-state index is 12.4. The highest BCUT2D eigenvalue weighted by Crippen LogP contribution is 2.31. The van der Waals surface area contributed by atoms with E-state index in [0.29, 0.717) is 18.6 Å². The van der Waals surface area contributed by atoms with Gasteiger partial charge in [-0.25, -0.2) is 8.42 Å². The van der Waals surface area contributed by atoms with Crippen molar-refractivity contribution in [3.05, 3.63) is 0 Å². The lowest BCUT2D eigenvalue weighted by Crippen LogP contribution is -2.51. The van der Waals surface area contributed by atoms with Crippen LogP contribution in [0.4, 0.5) is 0 Å². The van der Waals surface area contributed by atoms with Crippen LogP contribution in [-0.4, -0.2) is 54.2 Å². The number of piperidine rings is 1. The maximum Gasteiger partial charge on any atom is 0.304 e. The number of nitrogens with zero attached hydrogens (tertiary/aromatic N) is 1. The summed E-state index contributed by atoms with van der Waals surface area (Å²) in [5.74, 6) is -1.35. The Balaban J connectivity index is 2.07. The number of hydrogen-bond acceptors (Lipinski definition) is 4. The van der Waals surface area contributed by atoms with Gasteiger partial charge in [-0.05, 0) is 32.1 Å². The smallest absolute Gasteiger partial charge is 0.304 e. The van der Waals surface area contributed by atoms with Crippen LogP contribution in [0.15, 0.2) is 0 Å². The van der Waals surface area contributed by atoms with E-state index in [9.17, 15) is 13.2 Å². The van der Waals surface area contributed by atoms with Crippen LogP contribution in [0.1, 0.15) is 45.4 Å². The Kier molecular flexibility index (Phi) is 5.04. The monoisotopic (exact) mass is 304 g/mol. The van der Waals surface area contributed by atoms with Crippen LogP contribution >= 0.6 is 0 Å². The summed E-state index contributed by atoms with van der Waals surface area (Å²) in [5, 5.41) is 12.2. The quantitative estimate of drug-likeness (QED) is 0.726. The summed E-state index contributed by atoms with van der Waals surface area (Å²) in [6, 6.07) is 0.882. The molecule has 2 rings (SSSR count). The summed E-state index contributed by atoms with van der Waals surface area (Å²) in [4.78, 5) is 10.6. The van der Waals surface area contributed by atoms with E-state index in [-0.39, 0.29) is 18.2 Å². The highest BCUT2D eigenvalue weighted by molar-refractivity contribution is 7.89. The Hall–Kier alpha value is -0.660. The third-order valence-electron chi connectivity index (χ3n) is 4.23. The lowest BCUT2D eigenvalue weighted by molar-refractivity contribution is -0.136. The number of carboxylic acid groups (broad SMARTS) is 1. The van der Waals surface area contributed by atoms with Gasteiger partial charge in [0.2, 0.25) is 10.0 Å². The first-order chi connectivity index (χ1) is 9.42. The summed E-state index contributed by atoms with van der Waals surface area (Å²) in [6.07, 6.45) is 4.38. The summed E-state index contributed by atoms with van der Waals surface area (Å²) in [6.45, 7) is 2.45. The fraction of sp³-hybridized carbons (Fsp3) is 0.923. The van der Waals surface area contributed by atoms with E-state index in [0.717, 1.165) is 32.1 Å². The molecule has 2 atom stereocenters. The average molecular weight is 304 g/mol. The number of fused-ring (bicyclic) bond motifs is 2. The van der Waals surface area contributed by atoms with Gasteiger partial charge in [0.05, 0.1) is 12.2 Å². The van der Waals surface area contributed by atoms with Crippen molar-refractivity contribution in [2.75, 3.05) is 12.3 Å². The fourth-order valence-corrected chi connectivity index (χ4v) is 5.12. The minimum Gasteiger partial charge on any atom is -0.481 e. The lowest BCUT2D eigenvalue weighted by Gasteiger charge is -2.36. The minimum absolute atomic E-state index is 0.0347. The van der Waals surface area contributed by atoms with E-state index < -0.39 is 16.0 Å². The molecule has 2 saturated heterocycles. The van der Waals surface area contributed by atoms with Gasteiger partial charge in [-0.3, -0.25) is 4.79 Å². The Bertz CT molecular complexity index is 439. The average Bonchev–Trinajstić information content (AvgIpc) is 2.72. The first-order valence-electron chi connectivity index (χ1n) is 7.39. The van der Waals surface area contributed by atoms with Gasteiger partial charge in [-0.1, -0.05) is 6.92 Å². The van der Waals surface area contributed by atoms with Crippen molar-refractivity contribution in [2.45, 2.75) is 63.6 Å². The van der Waals surface area contributed by atoms with E-state index in [1.54, 1.807) is 4.31 Å². The van der Waals surface area contributed by atoms with Gasteiger partial charge in [0, 0.05) is 24.7 Å². The predicted octanol–water partition coefficient (Wildman–Crippen LogP) is 0.786. The standard InChI is InChI=1S/C13H24N2O4S/c1-2-6-15(20(18,19)7-5-13(16)17)12-8-10-3-4-11(9-12)14-10/h10-12,14H,2-9H2,1H3,(H,16,17). The topological polar surface area (TPSA) is 86.7 Å². The molecule has 0 aromatic heterocycles. The van der Waals surface area contributed by atoms with E-state index in [1.807, 2.05) is 6.92 Å². The minimum atomic E-state index is -3.47. The van der Waals surface area contributed by atoms with Crippen molar-refractivity contribution < 1.29 is 18.3 Å². The Morgan fingerprint density at radius 2 is 1.90 bits per heavy atom. The molecule has 2 N–H and O–H groups in total. The third-order valence-corrected chi connectivity index (χ3v) is 6.15. The molecule has 6 nitrogen and oxygen atoms in total. The number of hydrogen-bond donors (Lipinski definition) is 2. The van der Waals surface area contributed by atoms with Gasteiger partial charge in [0.15, 0.2) is 0 Å². The van der Waals surface area contributed by atoms with Crippen molar-refractivity contribution in [3.63, 3.8) is 0 Å². The molecule has 20 heavy (non-hydrogen) atoms. The zero-order chi connectivity index (χ0) is 14.8.